The van der Waals surface area contributed by atoms with Gasteiger partial charge in [0.05, 0.1) is 17.4 Å². The Morgan fingerprint density at radius 2 is 1.97 bits per heavy atom. The molecular formula is C27H27N5O2S. The first kappa shape index (κ1) is 22.1. The third-order valence-corrected chi connectivity index (χ3v) is 8.15. The molecule has 1 fully saturated rings. The number of urea groups is 1. The topological polar surface area (TPSA) is 86.4 Å². The maximum Gasteiger partial charge on any atom is 0.327 e. The summed E-state index contributed by atoms with van der Waals surface area (Å²) in [6, 6.07) is 17.7. The van der Waals surface area contributed by atoms with E-state index in [1.165, 1.54) is 17.3 Å². The van der Waals surface area contributed by atoms with Gasteiger partial charge >= 0.3 is 6.03 Å². The van der Waals surface area contributed by atoms with E-state index >= 15 is 0 Å². The molecule has 0 spiro atoms. The van der Waals surface area contributed by atoms with Crippen molar-refractivity contribution >= 4 is 35.1 Å². The molecule has 7 nitrogen and oxygen atoms in total. The lowest BCUT2D eigenvalue weighted by atomic mass is 9.98. The summed E-state index contributed by atoms with van der Waals surface area (Å²) < 4.78 is 0. The van der Waals surface area contributed by atoms with Gasteiger partial charge in [0.2, 0.25) is 5.91 Å². The summed E-state index contributed by atoms with van der Waals surface area (Å²) >= 11 is 1.44. The fourth-order valence-electron chi connectivity index (χ4n) is 5.19. The van der Waals surface area contributed by atoms with Crippen LogP contribution in [0, 0.1) is 6.92 Å². The van der Waals surface area contributed by atoms with Gasteiger partial charge in [0, 0.05) is 24.3 Å². The molecule has 3 atom stereocenters. The van der Waals surface area contributed by atoms with Crippen molar-refractivity contribution in [1.29, 1.82) is 0 Å². The van der Waals surface area contributed by atoms with Crippen LogP contribution in [0.4, 0.5) is 16.2 Å². The third-order valence-electron chi connectivity index (χ3n) is 6.86. The van der Waals surface area contributed by atoms with Crippen molar-refractivity contribution in [3.05, 3.63) is 71.9 Å². The predicted molar refractivity (Wildman–Crippen MR) is 138 cm³/mol. The minimum absolute atomic E-state index is 0.0483. The molecule has 1 saturated heterocycles. The maximum absolute atomic E-state index is 13.5. The monoisotopic (exact) mass is 485 g/mol. The van der Waals surface area contributed by atoms with E-state index in [0.29, 0.717) is 0 Å². The van der Waals surface area contributed by atoms with Gasteiger partial charge in [-0.05, 0) is 55.6 Å². The zero-order valence-corrected chi connectivity index (χ0v) is 20.3. The van der Waals surface area contributed by atoms with Crippen LogP contribution in [-0.2, 0) is 4.79 Å². The van der Waals surface area contributed by atoms with Crippen LogP contribution in [0.25, 0.3) is 11.1 Å². The van der Waals surface area contributed by atoms with Gasteiger partial charge in [-0.25, -0.2) is 9.78 Å². The molecule has 178 valence electrons. The van der Waals surface area contributed by atoms with E-state index in [4.69, 9.17) is 0 Å². The minimum atomic E-state index is -0.440. The molecule has 0 bridgehead atoms. The van der Waals surface area contributed by atoms with Crippen LogP contribution in [0.5, 0.6) is 0 Å². The van der Waals surface area contributed by atoms with E-state index in [2.05, 4.69) is 52.1 Å². The molecule has 8 heteroatoms. The summed E-state index contributed by atoms with van der Waals surface area (Å²) in [6.45, 7) is 3.84. The Morgan fingerprint density at radius 3 is 2.77 bits per heavy atom. The second-order valence-corrected chi connectivity index (χ2v) is 10.5. The number of nitrogens with zero attached hydrogens (tertiary/aromatic N) is 2. The number of aromatic nitrogens is 1. The molecule has 0 radical (unpaired) electrons. The van der Waals surface area contributed by atoms with Crippen molar-refractivity contribution in [1.82, 2.24) is 20.9 Å². The van der Waals surface area contributed by atoms with Gasteiger partial charge in [0.25, 0.3) is 0 Å². The largest absolute Gasteiger partial charge is 0.351 e. The van der Waals surface area contributed by atoms with E-state index in [1.54, 1.807) is 11.1 Å². The van der Waals surface area contributed by atoms with Gasteiger partial charge in [-0.3, -0.25) is 9.69 Å². The van der Waals surface area contributed by atoms with Gasteiger partial charge in [0.1, 0.15) is 10.3 Å². The SMILES string of the molecule is Cc1cccc(-c2cccc(N3C(=O)NC4c5c3ccnc5S[C@H]4C(=O)NC3CCCNC3)c2)c1. The molecule has 35 heavy (non-hydrogen) atoms. The van der Waals surface area contributed by atoms with E-state index in [9.17, 15) is 9.59 Å². The molecule has 3 aliphatic rings. The smallest absolute Gasteiger partial charge is 0.327 e. The summed E-state index contributed by atoms with van der Waals surface area (Å²) in [5.74, 6) is -0.0483. The van der Waals surface area contributed by atoms with Gasteiger partial charge in [-0.1, -0.05) is 53.7 Å². The molecule has 2 unspecified atom stereocenters. The first-order chi connectivity index (χ1) is 17.1. The van der Waals surface area contributed by atoms with Crippen LogP contribution in [0.15, 0.2) is 65.8 Å². The second kappa shape index (κ2) is 9.02. The molecule has 3 aromatic rings. The van der Waals surface area contributed by atoms with Crippen molar-refractivity contribution in [2.75, 3.05) is 18.0 Å². The number of nitrogens with one attached hydrogen (secondary N) is 3. The number of carbonyl (C=O) groups is 2. The van der Waals surface area contributed by atoms with Crippen LogP contribution >= 0.6 is 11.8 Å². The van der Waals surface area contributed by atoms with Gasteiger partial charge in [-0.15, -0.1) is 0 Å². The van der Waals surface area contributed by atoms with Crippen LogP contribution < -0.4 is 20.9 Å². The van der Waals surface area contributed by atoms with Crippen LogP contribution in [0.1, 0.15) is 30.0 Å². The molecule has 2 aromatic carbocycles. The molecule has 3 aliphatic heterocycles. The fourth-order valence-corrected chi connectivity index (χ4v) is 6.42. The Balaban J connectivity index is 1.32. The van der Waals surface area contributed by atoms with Gasteiger partial charge in [0.15, 0.2) is 0 Å². The number of rotatable bonds is 4. The summed E-state index contributed by atoms with van der Waals surface area (Å²) in [5, 5.41) is 9.98. The molecular weight excluding hydrogens is 458 g/mol. The highest BCUT2D eigenvalue weighted by Gasteiger charge is 2.46. The summed E-state index contributed by atoms with van der Waals surface area (Å²) in [4.78, 5) is 32.9. The minimum Gasteiger partial charge on any atom is -0.351 e. The van der Waals surface area contributed by atoms with Crippen molar-refractivity contribution in [2.24, 2.45) is 0 Å². The Kier molecular flexibility index (Phi) is 5.70. The number of pyridine rings is 1. The Bertz CT molecular complexity index is 1310. The predicted octanol–water partition coefficient (Wildman–Crippen LogP) is 4.30. The number of carbonyl (C=O) groups excluding carboxylic acids is 2. The summed E-state index contributed by atoms with van der Waals surface area (Å²) in [7, 11) is 0. The lowest BCUT2D eigenvalue weighted by Crippen LogP contribution is -2.52. The number of hydrogen-bond acceptors (Lipinski definition) is 5. The number of aryl methyl sites for hydroxylation is 1. The number of amides is 3. The zero-order valence-electron chi connectivity index (χ0n) is 19.5. The van der Waals surface area contributed by atoms with Crippen molar-refractivity contribution < 1.29 is 9.59 Å². The van der Waals surface area contributed by atoms with Crippen molar-refractivity contribution in [3.63, 3.8) is 0 Å². The average Bonchev–Trinajstić information content (AvgIpc) is 3.24. The van der Waals surface area contributed by atoms with Crippen molar-refractivity contribution in [3.8, 4) is 11.1 Å². The highest BCUT2D eigenvalue weighted by Crippen LogP contribution is 2.50. The number of benzene rings is 2. The van der Waals surface area contributed by atoms with Gasteiger partial charge < -0.3 is 16.0 Å². The van der Waals surface area contributed by atoms with E-state index in [1.807, 2.05) is 30.3 Å². The van der Waals surface area contributed by atoms with Crippen LogP contribution in [0.3, 0.4) is 0 Å². The average molecular weight is 486 g/mol. The van der Waals surface area contributed by atoms with Gasteiger partial charge in [-0.2, -0.15) is 0 Å². The molecule has 0 aliphatic carbocycles. The third kappa shape index (κ3) is 4.06. The Hall–Kier alpha value is -3.36. The number of hydrogen-bond donors (Lipinski definition) is 3. The normalized spacial score (nSPS) is 22.9. The molecule has 3 N–H and O–H groups in total. The standard InChI is InChI=1S/C27H27N5O2S/c1-16-5-2-6-17(13-16)18-7-3-9-20(14-18)32-21-10-12-29-26-22(21)23(31-27(32)34)24(35-26)25(33)30-19-8-4-11-28-15-19/h2-3,5-7,9-10,12-14,19,23-24,28H,4,8,11,15H2,1H3,(H,30,33)(H,31,34)/t19?,23?,24-/m1/s1. The Morgan fingerprint density at radius 1 is 1.14 bits per heavy atom. The summed E-state index contributed by atoms with van der Waals surface area (Å²) in [6.07, 6.45) is 3.74. The van der Waals surface area contributed by atoms with Crippen LogP contribution in [0.2, 0.25) is 0 Å². The zero-order chi connectivity index (χ0) is 23.9. The Labute approximate surface area is 208 Å². The highest BCUT2D eigenvalue weighted by molar-refractivity contribution is 8.01. The molecule has 0 saturated carbocycles. The van der Waals surface area contributed by atoms with Crippen molar-refractivity contribution in [2.45, 2.75) is 42.1 Å². The lowest BCUT2D eigenvalue weighted by Gasteiger charge is -2.34. The quantitative estimate of drug-likeness (QED) is 0.513. The van der Waals surface area contributed by atoms with E-state index in [-0.39, 0.29) is 18.0 Å². The first-order valence-corrected chi connectivity index (χ1v) is 12.9. The molecule has 4 heterocycles. The lowest BCUT2D eigenvalue weighted by molar-refractivity contribution is -0.121. The molecule has 6 rings (SSSR count). The highest BCUT2D eigenvalue weighted by atomic mass is 32.2. The van der Waals surface area contributed by atoms with Crippen LogP contribution in [-0.4, -0.2) is 41.3 Å². The number of piperidine rings is 1. The number of thioether (sulfide) groups is 1. The first-order valence-electron chi connectivity index (χ1n) is 12.0. The maximum atomic E-state index is 13.5. The fraction of sp³-hybridized carbons (Fsp3) is 0.296. The molecule has 1 aromatic heterocycles. The number of anilines is 2. The molecule has 3 amide bonds. The second-order valence-electron chi connectivity index (χ2n) is 9.32. The summed E-state index contributed by atoms with van der Waals surface area (Å²) in [5.41, 5.74) is 5.81. The van der Waals surface area contributed by atoms with E-state index < -0.39 is 11.3 Å². The van der Waals surface area contributed by atoms with E-state index in [0.717, 1.165) is 59.0 Å².